The van der Waals surface area contributed by atoms with Crippen LogP contribution in [0.25, 0.3) is 0 Å². The third-order valence-electron chi connectivity index (χ3n) is 3.08. The minimum Gasteiger partial charge on any atom is -0.354 e. The summed E-state index contributed by atoms with van der Waals surface area (Å²) in [5, 5.41) is 6.86. The molecule has 1 aromatic rings. The highest BCUT2D eigenvalue weighted by molar-refractivity contribution is 5.75. The van der Waals surface area contributed by atoms with Crippen LogP contribution in [0.4, 0.5) is 0 Å². The molecule has 5 nitrogen and oxygen atoms in total. The van der Waals surface area contributed by atoms with E-state index in [-0.39, 0.29) is 12.5 Å². The van der Waals surface area contributed by atoms with Gasteiger partial charge in [0, 0.05) is 6.54 Å². The van der Waals surface area contributed by atoms with Crippen LogP contribution in [0.2, 0.25) is 0 Å². The fraction of sp³-hybridized carbons (Fsp3) is 0.727. The monoisotopic (exact) mass is 222 g/mol. The quantitative estimate of drug-likeness (QED) is 0.826. The van der Waals surface area contributed by atoms with Crippen LogP contribution in [0.3, 0.4) is 0 Å². The second-order valence-corrected chi connectivity index (χ2v) is 4.40. The van der Waals surface area contributed by atoms with Gasteiger partial charge in [0.15, 0.2) is 0 Å². The highest BCUT2D eigenvalue weighted by atomic mass is 16.2. The van der Waals surface area contributed by atoms with Crippen LogP contribution in [0.15, 0.2) is 12.7 Å². The highest BCUT2D eigenvalue weighted by Gasteiger charge is 2.14. The van der Waals surface area contributed by atoms with Gasteiger partial charge in [-0.3, -0.25) is 4.79 Å². The number of hydrogen-bond donors (Lipinski definition) is 1. The van der Waals surface area contributed by atoms with Gasteiger partial charge in [-0.1, -0.05) is 19.3 Å². The molecule has 5 heteroatoms. The van der Waals surface area contributed by atoms with Crippen molar-refractivity contribution in [2.75, 3.05) is 6.54 Å². The molecule has 0 saturated heterocycles. The molecule has 0 aliphatic heterocycles. The second kappa shape index (κ2) is 5.63. The normalized spacial score (nSPS) is 17.2. The molecule has 1 fully saturated rings. The maximum atomic E-state index is 11.6. The average Bonchev–Trinajstić information content (AvgIpc) is 2.81. The van der Waals surface area contributed by atoms with Gasteiger partial charge in [0.25, 0.3) is 0 Å². The molecule has 0 unspecified atom stereocenters. The van der Waals surface area contributed by atoms with E-state index in [4.69, 9.17) is 0 Å². The fourth-order valence-electron chi connectivity index (χ4n) is 2.17. The first-order valence-electron chi connectivity index (χ1n) is 5.93. The zero-order valence-electron chi connectivity index (χ0n) is 9.43. The van der Waals surface area contributed by atoms with Crippen LogP contribution in [0, 0.1) is 5.92 Å². The molecule has 1 aromatic heterocycles. The van der Waals surface area contributed by atoms with Gasteiger partial charge >= 0.3 is 0 Å². The van der Waals surface area contributed by atoms with Crippen LogP contribution in [0.1, 0.15) is 32.1 Å². The minimum atomic E-state index is 0.0241. The van der Waals surface area contributed by atoms with Crippen LogP contribution in [0.5, 0.6) is 0 Å². The van der Waals surface area contributed by atoms with E-state index >= 15 is 0 Å². The lowest BCUT2D eigenvalue weighted by Gasteiger charge is -2.21. The van der Waals surface area contributed by atoms with E-state index in [1.54, 1.807) is 6.33 Å². The number of hydrogen-bond acceptors (Lipinski definition) is 3. The van der Waals surface area contributed by atoms with Crippen molar-refractivity contribution in [2.45, 2.75) is 38.6 Å². The number of nitrogens with one attached hydrogen (secondary N) is 1. The molecule has 88 valence electrons. The smallest absolute Gasteiger partial charge is 0.241 e. The van der Waals surface area contributed by atoms with Crippen molar-refractivity contribution in [3.8, 4) is 0 Å². The SMILES string of the molecule is O=C(Cn1cncn1)NCC1CCCCC1. The number of rotatable bonds is 4. The first kappa shape index (κ1) is 11.1. The lowest BCUT2D eigenvalue weighted by Crippen LogP contribution is -2.32. The van der Waals surface area contributed by atoms with Gasteiger partial charge in [-0.2, -0.15) is 5.10 Å². The summed E-state index contributed by atoms with van der Waals surface area (Å²) < 4.78 is 1.54. The maximum Gasteiger partial charge on any atom is 0.241 e. The first-order chi connectivity index (χ1) is 7.84. The second-order valence-electron chi connectivity index (χ2n) is 4.40. The van der Waals surface area contributed by atoms with E-state index in [1.165, 1.54) is 43.1 Å². The maximum absolute atomic E-state index is 11.6. The average molecular weight is 222 g/mol. The van der Waals surface area contributed by atoms with Crippen molar-refractivity contribution in [3.63, 3.8) is 0 Å². The Morgan fingerprint density at radius 1 is 1.38 bits per heavy atom. The molecular weight excluding hydrogens is 204 g/mol. The summed E-state index contributed by atoms with van der Waals surface area (Å²) in [7, 11) is 0. The molecule has 0 atom stereocenters. The Bertz CT molecular complexity index is 317. The molecule has 1 saturated carbocycles. The van der Waals surface area contributed by atoms with Crippen LogP contribution < -0.4 is 5.32 Å². The van der Waals surface area contributed by atoms with E-state index < -0.39 is 0 Å². The Kier molecular flexibility index (Phi) is 3.91. The molecule has 1 N–H and O–H groups in total. The predicted octanol–water partition coefficient (Wildman–Crippen LogP) is 0.975. The molecular formula is C11H18N4O. The van der Waals surface area contributed by atoms with E-state index in [2.05, 4.69) is 15.4 Å². The molecule has 0 radical (unpaired) electrons. The summed E-state index contributed by atoms with van der Waals surface area (Å²) >= 11 is 0. The third-order valence-corrected chi connectivity index (χ3v) is 3.08. The summed E-state index contributed by atoms with van der Waals surface area (Å²) in [6.07, 6.45) is 9.47. The van der Waals surface area contributed by atoms with Gasteiger partial charge in [-0.25, -0.2) is 9.67 Å². The molecule has 1 aliphatic carbocycles. The molecule has 0 spiro atoms. The van der Waals surface area contributed by atoms with Crippen molar-refractivity contribution in [1.82, 2.24) is 20.1 Å². The van der Waals surface area contributed by atoms with Gasteiger partial charge in [-0.15, -0.1) is 0 Å². The van der Waals surface area contributed by atoms with Crippen LogP contribution in [-0.4, -0.2) is 27.2 Å². The van der Waals surface area contributed by atoms with Gasteiger partial charge in [0.05, 0.1) is 0 Å². The fourth-order valence-corrected chi connectivity index (χ4v) is 2.17. The number of carbonyl (C=O) groups is 1. The minimum absolute atomic E-state index is 0.0241. The van der Waals surface area contributed by atoms with Gasteiger partial charge in [0.1, 0.15) is 19.2 Å². The van der Waals surface area contributed by atoms with Gasteiger partial charge in [0.2, 0.25) is 5.91 Å². The first-order valence-corrected chi connectivity index (χ1v) is 5.93. The Labute approximate surface area is 95.2 Å². The molecule has 0 aromatic carbocycles. The van der Waals surface area contributed by atoms with Crippen LogP contribution in [-0.2, 0) is 11.3 Å². The lowest BCUT2D eigenvalue weighted by molar-refractivity contribution is -0.122. The third kappa shape index (κ3) is 3.32. The summed E-state index contributed by atoms with van der Waals surface area (Å²) in [5.74, 6) is 0.699. The van der Waals surface area contributed by atoms with Crippen molar-refractivity contribution in [2.24, 2.45) is 5.92 Å². The Balaban J connectivity index is 1.67. The Morgan fingerprint density at radius 3 is 2.88 bits per heavy atom. The molecule has 2 rings (SSSR count). The Hall–Kier alpha value is -1.39. The molecule has 16 heavy (non-hydrogen) atoms. The van der Waals surface area contributed by atoms with E-state index in [1.807, 2.05) is 0 Å². The molecule has 1 heterocycles. The van der Waals surface area contributed by atoms with Crippen molar-refractivity contribution < 1.29 is 4.79 Å². The summed E-state index contributed by atoms with van der Waals surface area (Å²) in [5.41, 5.74) is 0. The lowest BCUT2D eigenvalue weighted by atomic mass is 9.89. The topological polar surface area (TPSA) is 59.8 Å². The van der Waals surface area contributed by atoms with Gasteiger partial charge in [-0.05, 0) is 18.8 Å². The zero-order chi connectivity index (χ0) is 11.2. The molecule has 1 aliphatic rings. The van der Waals surface area contributed by atoms with E-state index in [0.29, 0.717) is 5.92 Å². The predicted molar refractivity (Wildman–Crippen MR) is 59.6 cm³/mol. The van der Waals surface area contributed by atoms with Gasteiger partial charge < -0.3 is 5.32 Å². The van der Waals surface area contributed by atoms with Crippen molar-refractivity contribution >= 4 is 5.91 Å². The number of nitrogens with zero attached hydrogens (tertiary/aromatic N) is 3. The van der Waals surface area contributed by atoms with Crippen molar-refractivity contribution in [3.05, 3.63) is 12.7 Å². The van der Waals surface area contributed by atoms with E-state index in [0.717, 1.165) is 6.54 Å². The summed E-state index contributed by atoms with van der Waals surface area (Å²) in [4.78, 5) is 15.4. The van der Waals surface area contributed by atoms with Crippen LogP contribution >= 0.6 is 0 Å². The number of carbonyl (C=O) groups excluding carboxylic acids is 1. The number of aromatic nitrogens is 3. The summed E-state index contributed by atoms with van der Waals surface area (Å²) in [6, 6.07) is 0. The largest absolute Gasteiger partial charge is 0.354 e. The zero-order valence-corrected chi connectivity index (χ0v) is 9.43. The highest BCUT2D eigenvalue weighted by Crippen LogP contribution is 2.22. The van der Waals surface area contributed by atoms with Crippen molar-refractivity contribution in [1.29, 1.82) is 0 Å². The standard InChI is InChI=1S/C11H18N4O/c16-11(7-15-9-12-8-14-15)13-6-10-4-2-1-3-5-10/h8-10H,1-7H2,(H,13,16). The summed E-state index contributed by atoms with van der Waals surface area (Å²) in [6.45, 7) is 1.08. The Morgan fingerprint density at radius 2 is 2.19 bits per heavy atom. The number of amides is 1. The molecule has 0 bridgehead atoms. The molecule has 1 amide bonds. The van der Waals surface area contributed by atoms with E-state index in [9.17, 15) is 4.79 Å².